The zero-order valence-corrected chi connectivity index (χ0v) is 13.1. The average Bonchev–Trinajstić information content (AvgIpc) is 2.60. The molecule has 1 aliphatic rings. The van der Waals surface area contributed by atoms with E-state index in [0.717, 1.165) is 38.3 Å². The molecule has 20 heavy (non-hydrogen) atoms. The molecule has 1 aromatic rings. The van der Waals surface area contributed by atoms with Gasteiger partial charge in [-0.1, -0.05) is 6.92 Å². The predicted molar refractivity (Wildman–Crippen MR) is 85.2 cm³/mol. The molecule has 0 saturated carbocycles. The van der Waals surface area contributed by atoms with E-state index >= 15 is 0 Å². The molecule has 1 fully saturated rings. The topological polar surface area (TPSA) is 31.4 Å². The van der Waals surface area contributed by atoms with Gasteiger partial charge in [-0.2, -0.15) is 0 Å². The highest BCUT2D eigenvalue weighted by atomic mass is 15.2. The van der Waals surface area contributed by atoms with Crippen molar-refractivity contribution in [1.29, 1.82) is 0 Å². The third kappa shape index (κ3) is 4.18. The number of likely N-dealkylation sites (N-methyl/N-ethyl adjacent to an activating group) is 1. The molecular formula is C16H28N4. The SMILES string of the molecule is CCCNCc1cc(N2CCCN(C)CC2C)ccn1. The number of aromatic nitrogens is 1. The largest absolute Gasteiger partial charge is 0.367 e. The van der Waals surface area contributed by atoms with Crippen LogP contribution in [0.4, 0.5) is 5.69 Å². The highest BCUT2D eigenvalue weighted by Gasteiger charge is 2.20. The lowest BCUT2D eigenvalue weighted by Crippen LogP contribution is -2.38. The number of anilines is 1. The lowest BCUT2D eigenvalue weighted by atomic mass is 10.2. The summed E-state index contributed by atoms with van der Waals surface area (Å²) in [6.07, 6.45) is 4.33. The van der Waals surface area contributed by atoms with Gasteiger partial charge in [0.25, 0.3) is 0 Å². The van der Waals surface area contributed by atoms with Crippen molar-refractivity contribution in [3.05, 3.63) is 24.0 Å². The second kappa shape index (κ2) is 7.60. The van der Waals surface area contributed by atoms with Crippen molar-refractivity contribution in [1.82, 2.24) is 15.2 Å². The van der Waals surface area contributed by atoms with E-state index in [1.54, 1.807) is 0 Å². The molecule has 1 unspecified atom stereocenters. The Morgan fingerprint density at radius 3 is 3.05 bits per heavy atom. The molecule has 0 bridgehead atoms. The van der Waals surface area contributed by atoms with Gasteiger partial charge in [-0.3, -0.25) is 4.98 Å². The minimum atomic E-state index is 0.557. The van der Waals surface area contributed by atoms with E-state index in [0.29, 0.717) is 6.04 Å². The fraction of sp³-hybridized carbons (Fsp3) is 0.688. The van der Waals surface area contributed by atoms with E-state index in [1.165, 1.54) is 18.7 Å². The molecule has 2 rings (SSSR count). The minimum Gasteiger partial charge on any atom is -0.367 e. The van der Waals surface area contributed by atoms with Gasteiger partial charge >= 0.3 is 0 Å². The maximum absolute atomic E-state index is 4.47. The van der Waals surface area contributed by atoms with E-state index in [2.05, 4.69) is 53.1 Å². The van der Waals surface area contributed by atoms with E-state index in [-0.39, 0.29) is 0 Å². The third-order valence-corrected chi connectivity index (χ3v) is 3.91. The predicted octanol–water partition coefficient (Wildman–Crippen LogP) is 2.11. The van der Waals surface area contributed by atoms with Gasteiger partial charge < -0.3 is 15.1 Å². The quantitative estimate of drug-likeness (QED) is 0.835. The second-order valence-corrected chi connectivity index (χ2v) is 5.84. The lowest BCUT2D eigenvalue weighted by molar-refractivity contribution is 0.337. The van der Waals surface area contributed by atoms with Crippen molar-refractivity contribution in [3.63, 3.8) is 0 Å². The molecule has 1 atom stereocenters. The summed E-state index contributed by atoms with van der Waals surface area (Å²) in [5, 5.41) is 3.42. The van der Waals surface area contributed by atoms with E-state index in [9.17, 15) is 0 Å². The summed E-state index contributed by atoms with van der Waals surface area (Å²) < 4.78 is 0. The molecule has 1 aliphatic heterocycles. The van der Waals surface area contributed by atoms with Crippen LogP contribution in [0.5, 0.6) is 0 Å². The van der Waals surface area contributed by atoms with Crippen LogP contribution in [0.3, 0.4) is 0 Å². The molecule has 4 nitrogen and oxygen atoms in total. The minimum absolute atomic E-state index is 0.557. The Bertz CT molecular complexity index is 407. The van der Waals surface area contributed by atoms with Crippen molar-refractivity contribution in [2.75, 3.05) is 38.1 Å². The Labute approximate surface area is 123 Å². The highest BCUT2D eigenvalue weighted by Crippen LogP contribution is 2.20. The summed E-state index contributed by atoms with van der Waals surface area (Å²) in [5.74, 6) is 0. The Morgan fingerprint density at radius 2 is 2.25 bits per heavy atom. The fourth-order valence-corrected chi connectivity index (χ4v) is 2.89. The molecule has 1 saturated heterocycles. The van der Waals surface area contributed by atoms with Gasteiger partial charge in [-0.15, -0.1) is 0 Å². The number of pyridine rings is 1. The summed E-state index contributed by atoms with van der Waals surface area (Å²) >= 11 is 0. The Hall–Kier alpha value is -1.13. The lowest BCUT2D eigenvalue weighted by Gasteiger charge is -2.30. The Kier molecular flexibility index (Phi) is 5.80. The van der Waals surface area contributed by atoms with Crippen LogP contribution in [0.15, 0.2) is 18.3 Å². The van der Waals surface area contributed by atoms with Gasteiger partial charge in [-0.25, -0.2) is 0 Å². The van der Waals surface area contributed by atoms with Gasteiger partial charge in [0.2, 0.25) is 0 Å². The van der Waals surface area contributed by atoms with Gasteiger partial charge in [0.1, 0.15) is 0 Å². The fourth-order valence-electron chi connectivity index (χ4n) is 2.89. The van der Waals surface area contributed by atoms with Gasteiger partial charge in [0.15, 0.2) is 0 Å². The maximum Gasteiger partial charge on any atom is 0.0562 e. The van der Waals surface area contributed by atoms with Gasteiger partial charge in [0, 0.05) is 37.6 Å². The van der Waals surface area contributed by atoms with E-state index in [1.807, 2.05) is 6.20 Å². The van der Waals surface area contributed by atoms with Gasteiger partial charge in [-0.05, 0) is 52.0 Å². The first-order chi connectivity index (χ1) is 9.70. The van der Waals surface area contributed by atoms with E-state index in [4.69, 9.17) is 0 Å². The first-order valence-corrected chi connectivity index (χ1v) is 7.81. The summed E-state index contributed by atoms with van der Waals surface area (Å²) in [6, 6.07) is 4.94. The molecule has 0 radical (unpaired) electrons. The third-order valence-electron chi connectivity index (χ3n) is 3.91. The summed E-state index contributed by atoms with van der Waals surface area (Å²) in [4.78, 5) is 9.42. The van der Waals surface area contributed by atoms with Crippen LogP contribution in [0.25, 0.3) is 0 Å². The van der Waals surface area contributed by atoms with Crippen molar-refractivity contribution >= 4 is 5.69 Å². The number of hydrogen-bond donors (Lipinski definition) is 1. The van der Waals surface area contributed by atoms with Crippen LogP contribution in [-0.4, -0.2) is 49.2 Å². The molecule has 2 heterocycles. The maximum atomic E-state index is 4.47. The molecule has 1 aromatic heterocycles. The number of nitrogens with one attached hydrogen (secondary N) is 1. The van der Waals surface area contributed by atoms with Crippen LogP contribution in [0.2, 0.25) is 0 Å². The standard InChI is InChI=1S/C16H28N4/c1-4-7-17-12-15-11-16(6-8-18-15)20-10-5-9-19(3)13-14(20)2/h6,8,11,14,17H,4-5,7,9-10,12-13H2,1-3H3. The van der Waals surface area contributed by atoms with Crippen molar-refractivity contribution in [2.24, 2.45) is 0 Å². The van der Waals surface area contributed by atoms with Crippen LogP contribution in [0.1, 0.15) is 32.4 Å². The molecule has 4 heteroatoms. The molecule has 1 N–H and O–H groups in total. The van der Waals surface area contributed by atoms with Gasteiger partial charge in [0.05, 0.1) is 5.69 Å². The monoisotopic (exact) mass is 276 g/mol. The number of hydrogen-bond acceptors (Lipinski definition) is 4. The number of rotatable bonds is 5. The van der Waals surface area contributed by atoms with Crippen molar-refractivity contribution in [2.45, 2.75) is 39.3 Å². The van der Waals surface area contributed by atoms with Crippen molar-refractivity contribution in [3.8, 4) is 0 Å². The smallest absolute Gasteiger partial charge is 0.0562 e. The summed E-state index contributed by atoms with van der Waals surface area (Å²) in [6.45, 7) is 9.88. The molecular weight excluding hydrogens is 248 g/mol. The van der Waals surface area contributed by atoms with Crippen molar-refractivity contribution < 1.29 is 0 Å². The second-order valence-electron chi connectivity index (χ2n) is 5.84. The first kappa shape index (κ1) is 15.3. The molecule has 0 amide bonds. The summed E-state index contributed by atoms with van der Waals surface area (Å²) in [7, 11) is 2.21. The highest BCUT2D eigenvalue weighted by molar-refractivity contribution is 5.47. The molecule has 0 aliphatic carbocycles. The Morgan fingerprint density at radius 1 is 1.40 bits per heavy atom. The zero-order chi connectivity index (χ0) is 14.4. The summed E-state index contributed by atoms with van der Waals surface area (Å²) in [5.41, 5.74) is 2.46. The first-order valence-electron chi connectivity index (χ1n) is 7.81. The molecule has 112 valence electrons. The molecule has 0 aromatic carbocycles. The van der Waals surface area contributed by atoms with E-state index < -0.39 is 0 Å². The average molecular weight is 276 g/mol. The van der Waals surface area contributed by atoms with Crippen LogP contribution < -0.4 is 10.2 Å². The van der Waals surface area contributed by atoms with Crippen LogP contribution in [-0.2, 0) is 6.54 Å². The van der Waals surface area contributed by atoms with Crippen LogP contribution in [0, 0.1) is 0 Å². The number of nitrogens with zero attached hydrogens (tertiary/aromatic N) is 3. The zero-order valence-electron chi connectivity index (χ0n) is 13.1. The Balaban J connectivity index is 2.05. The van der Waals surface area contributed by atoms with Crippen LogP contribution >= 0.6 is 0 Å². The normalized spacial score (nSPS) is 20.9. The molecule has 0 spiro atoms.